The van der Waals surface area contributed by atoms with E-state index in [-0.39, 0.29) is 22.7 Å². The number of fused-ring (bicyclic) bond motifs is 2. The molecule has 3 heterocycles. The second-order valence-electron chi connectivity index (χ2n) is 6.59. The van der Waals surface area contributed by atoms with Gasteiger partial charge in [0, 0.05) is 28.8 Å². The van der Waals surface area contributed by atoms with Gasteiger partial charge in [-0.1, -0.05) is 6.07 Å². The Bertz CT molecular complexity index is 1410. The van der Waals surface area contributed by atoms with Crippen LogP contribution in [-0.4, -0.2) is 30.0 Å². The van der Waals surface area contributed by atoms with Crippen LogP contribution < -0.4 is 5.73 Å². The van der Waals surface area contributed by atoms with Gasteiger partial charge in [0.15, 0.2) is 5.82 Å². The molecule has 5 aromatic rings. The van der Waals surface area contributed by atoms with Crippen LogP contribution in [0.4, 0.5) is 14.6 Å². The number of hydrogen-bond donors (Lipinski definition) is 1. The highest BCUT2D eigenvalue weighted by Crippen LogP contribution is 2.35. The molecular weight excluding hydrogens is 376 g/mol. The maximum atomic E-state index is 14.6. The van der Waals surface area contributed by atoms with Crippen LogP contribution in [0.3, 0.4) is 0 Å². The summed E-state index contributed by atoms with van der Waals surface area (Å²) in [5.74, 6) is -1.41. The van der Waals surface area contributed by atoms with E-state index >= 15 is 0 Å². The zero-order valence-corrected chi connectivity index (χ0v) is 15.1. The molecule has 0 aliphatic heterocycles. The maximum Gasteiger partial charge on any atom is 0.222 e. The zero-order valence-electron chi connectivity index (χ0n) is 15.1. The Morgan fingerprint density at radius 2 is 1.90 bits per heavy atom. The van der Waals surface area contributed by atoms with Crippen molar-refractivity contribution < 1.29 is 8.78 Å². The highest BCUT2D eigenvalue weighted by atomic mass is 19.1. The molecule has 142 valence electrons. The fraction of sp³-hybridized carbons (Fsp3) is 0.0500. The van der Waals surface area contributed by atoms with Crippen LogP contribution in [0, 0.1) is 18.6 Å². The van der Waals surface area contributed by atoms with Gasteiger partial charge >= 0.3 is 0 Å². The molecule has 0 saturated heterocycles. The average molecular weight is 389 g/mol. The first-order valence-corrected chi connectivity index (χ1v) is 8.71. The Morgan fingerprint density at radius 1 is 1.03 bits per heavy atom. The number of nitrogens with zero attached hydrogens (tertiary/aromatic N) is 6. The molecule has 2 N–H and O–H groups in total. The number of aromatic nitrogens is 6. The van der Waals surface area contributed by atoms with Crippen molar-refractivity contribution in [3.8, 4) is 22.5 Å². The first kappa shape index (κ1) is 17.1. The van der Waals surface area contributed by atoms with Crippen LogP contribution in [0.5, 0.6) is 0 Å². The molecule has 0 fully saturated rings. The van der Waals surface area contributed by atoms with Crippen molar-refractivity contribution in [1.82, 2.24) is 30.0 Å². The molecule has 0 aliphatic carbocycles. The van der Waals surface area contributed by atoms with Gasteiger partial charge in [-0.15, -0.1) is 5.10 Å². The van der Waals surface area contributed by atoms with E-state index in [0.717, 1.165) is 28.6 Å². The van der Waals surface area contributed by atoms with Crippen LogP contribution in [0.2, 0.25) is 0 Å². The number of tetrazole rings is 1. The number of pyridine rings is 1. The number of benzene rings is 2. The van der Waals surface area contributed by atoms with Crippen molar-refractivity contribution in [3.05, 3.63) is 65.9 Å². The number of nitrogen functional groups attached to an aromatic ring is 1. The molecule has 3 aromatic heterocycles. The summed E-state index contributed by atoms with van der Waals surface area (Å²) in [5.41, 5.74) is 9.53. The minimum absolute atomic E-state index is 0.0381. The fourth-order valence-corrected chi connectivity index (χ4v) is 3.38. The molecule has 0 unspecified atom stereocenters. The van der Waals surface area contributed by atoms with E-state index in [1.54, 1.807) is 6.20 Å². The van der Waals surface area contributed by atoms with Crippen molar-refractivity contribution in [2.75, 3.05) is 5.73 Å². The predicted octanol–water partition coefficient (Wildman–Crippen LogP) is 3.57. The highest BCUT2D eigenvalue weighted by Gasteiger charge is 2.21. The first-order chi connectivity index (χ1) is 14.0. The molecule has 9 heteroatoms. The molecule has 2 aromatic carbocycles. The Labute approximate surface area is 162 Å². The molecule has 5 rings (SSSR count). The third-order valence-corrected chi connectivity index (χ3v) is 4.79. The van der Waals surface area contributed by atoms with E-state index in [4.69, 9.17) is 5.73 Å². The standard InChI is InChI=1S/C20H13F2N7/c1-10-6-7-24-16-5-2-11(8-14(10)16)18-17(13-4-3-12(21)9-15(13)22)25-19(23)20-26-27-28-29(18)20/h2-9H,1H3,(H2,23,25). The van der Waals surface area contributed by atoms with Gasteiger partial charge in [-0.3, -0.25) is 4.98 Å². The Morgan fingerprint density at radius 3 is 2.72 bits per heavy atom. The summed E-state index contributed by atoms with van der Waals surface area (Å²) in [7, 11) is 0. The van der Waals surface area contributed by atoms with Crippen molar-refractivity contribution in [3.63, 3.8) is 0 Å². The molecule has 7 nitrogen and oxygen atoms in total. The molecule has 0 saturated carbocycles. The number of anilines is 1. The van der Waals surface area contributed by atoms with Crippen LogP contribution >= 0.6 is 0 Å². The number of halogens is 2. The van der Waals surface area contributed by atoms with E-state index < -0.39 is 11.6 Å². The maximum absolute atomic E-state index is 14.6. The number of hydrogen-bond acceptors (Lipinski definition) is 6. The van der Waals surface area contributed by atoms with Crippen LogP contribution in [0.1, 0.15) is 5.56 Å². The fourth-order valence-electron chi connectivity index (χ4n) is 3.38. The zero-order chi connectivity index (χ0) is 20.1. The van der Waals surface area contributed by atoms with E-state index in [1.807, 2.05) is 31.2 Å². The van der Waals surface area contributed by atoms with Crippen molar-refractivity contribution >= 4 is 22.4 Å². The second kappa shape index (κ2) is 6.26. The first-order valence-electron chi connectivity index (χ1n) is 8.71. The normalized spacial score (nSPS) is 11.4. The lowest BCUT2D eigenvalue weighted by atomic mass is 10.0. The smallest absolute Gasteiger partial charge is 0.222 e. The minimum atomic E-state index is -0.760. The summed E-state index contributed by atoms with van der Waals surface area (Å²) in [4.78, 5) is 8.71. The largest absolute Gasteiger partial charge is 0.380 e. The topological polar surface area (TPSA) is 94.9 Å². The number of aryl methyl sites for hydroxylation is 1. The van der Waals surface area contributed by atoms with Crippen LogP contribution in [0.25, 0.3) is 39.1 Å². The Hall–Kier alpha value is -4.01. The molecule has 0 bridgehead atoms. The van der Waals surface area contributed by atoms with E-state index in [0.29, 0.717) is 11.3 Å². The summed E-state index contributed by atoms with van der Waals surface area (Å²) in [6.45, 7) is 1.97. The monoisotopic (exact) mass is 389 g/mol. The van der Waals surface area contributed by atoms with Crippen LogP contribution in [0.15, 0.2) is 48.7 Å². The third kappa shape index (κ3) is 2.66. The summed E-state index contributed by atoms with van der Waals surface area (Å²) in [6, 6.07) is 10.8. The van der Waals surface area contributed by atoms with Gasteiger partial charge in [-0.25, -0.2) is 13.8 Å². The summed E-state index contributed by atoms with van der Waals surface area (Å²) in [6.07, 6.45) is 1.74. The molecular formula is C20H13F2N7. The molecule has 0 aliphatic rings. The molecule has 0 amide bonds. The number of nitrogens with two attached hydrogens (primary N) is 1. The second-order valence-corrected chi connectivity index (χ2v) is 6.59. The summed E-state index contributed by atoms with van der Waals surface area (Å²) < 4.78 is 29.5. The van der Waals surface area contributed by atoms with Crippen LogP contribution in [-0.2, 0) is 0 Å². The van der Waals surface area contributed by atoms with E-state index in [2.05, 4.69) is 25.5 Å². The van der Waals surface area contributed by atoms with Gasteiger partial charge in [0.1, 0.15) is 23.0 Å². The van der Waals surface area contributed by atoms with Gasteiger partial charge in [0.2, 0.25) is 5.65 Å². The van der Waals surface area contributed by atoms with E-state index in [9.17, 15) is 8.78 Å². The minimum Gasteiger partial charge on any atom is -0.380 e. The van der Waals surface area contributed by atoms with Crippen molar-refractivity contribution in [2.24, 2.45) is 0 Å². The lowest BCUT2D eigenvalue weighted by molar-refractivity contribution is 0.585. The SMILES string of the molecule is Cc1ccnc2ccc(-c3c(-c4ccc(F)cc4F)nc(N)c4nnnn34)cc12. The Balaban J connectivity index is 1.88. The van der Waals surface area contributed by atoms with Gasteiger partial charge < -0.3 is 5.73 Å². The lowest BCUT2D eigenvalue weighted by Gasteiger charge is -2.13. The third-order valence-electron chi connectivity index (χ3n) is 4.79. The number of rotatable bonds is 2. The molecule has 29 heavy (non-hydrogen) atoms. The summed E-state index contributed by atoms with van der Waals surface area (Å²) in [5, 5.41) is 12.5. The average Bonchev–Trinajstić information content (AvgIpc) is 3.18. The van der Waals surface area contributed by atoms with Crippen molar-refractivity contribution in [2.45, 2.75) is 6.92 Å². The van der Waals surface area contributed by atoms with Gasteiger partial charge in [-0.05, 0) is 53.2 Å². The lowest BCUT2D eigenvalue weighted by Crippen LogP contribution is -2.06. The van der Waals surface area contributed by atoms with Crippen molar-refractivity contribution in [1.29, 1.82) is 0 Å². The van der Waals surface area contributed by atoms with Gasteiger partial charge in [-0.2, -0.15) is 4.52 Å². The molecule has 0 radical (unpaired) electrons. The van der Waals surface area contributed by atoms with Gasteiger partial charge in [0.05, 0.1) is 5.52 Å². The van der Waals surface area contributed by atoms with Gasteiger partial charge in [0.25, 0.3) is 0 Å². The molecule has 0 atom stereocenters. The van der Waals surface area contributed by atoms with E-state index in [1.165, 1.54) is 10.6 Å². The highest BCUT2D eigenvalue weighted by molar-refractivity contribution is 5.90. The molecule has 0 spiro atoms. The predicted molar refractivity (Wildman–Crippen MR) is 104 cm³/mol. The Kier molecular flexibility index (Phi) is 3.70. The summed E-state index contributed by atoms with van der Waals surface area (Å²) >= 11 is 0. The quantitative estimate of drug-likeness (QED) is 0.496.